The standard InChI is InChI=1S/C9H16O2/c10-6-2-4-8-3-1-5-9(11)7-8/h8,10H,1-7H2/t8-/m1/s1. The minimum Gasteiger partial charge on any atom is -0.396 e. The van der Waals surface area contributed by atoms with Gasteiger partial charge in [-0.25, -0.2) is 0 Å². The highest BCUT2D eigenvalue weighted by Gasteiger charge is 2.18. The molecule has 1 atom stereocenters. The maximum absolute atomic E-state index is 11.0. The molecule has 0 aromatic rings. The molecule has 0 aromatic heterocycles. The molecule has 1 N–H and O–H groups in total. The Morgan fingerprint density at radius 3 is 3.00 bits per heavy atom. The third-order valence-corrected chi connectivity index (χ3v) is 2.35. The van der Waals surface area contributed by atoms with Gasteiger partial charge in [-0.3, -0.25) is 4.79 Å². The van der Waals surface area contributed by atoms with Crippen LogP contribution in [0.3, 0.4) is 0 Å². The molecule has 0 unspecified atom stereocenters. The molecule has 0 saturated heterocycles. The quantitative estimate of drug-likeness (QED) is 0.672. The summed E-state index contributed by atoms with van der Waals surface area (Å²) in [6.07, 6.45) is 5.69. The van der Waals surface area contributed by atoms with Crippen LogP contribution in [0.4, 0.5) is 0 Å². The maximum atomic E-state index is 11.0. The van der Waals surface area contributed by atoms with Crippen molar-refractivity contribution in [3.8, 4) is 0 Å². The Balaban J connectivity index is 2.17. The lowest BCUT2D eigenvalue weighted by Gasteiger charge is -2.19. The van der Waals surface area contributed by atoms with Crippen molar-refractivity contribution < 1.29 is 9.90 Å². The molecular formula is C9H16O2. The van der Waals surface area contributed by atoms with Crippen LogP contribution < -0.4 is 0 Å². The van der Waals surface area contributed by atoms with Crippen LogP contribution in [0.5, 0.6) is 0 Å². The Labute approximate surface area is 67.6 Å². The molecule has 1 aliphatic rings. The molecule has 0 radical (unpaired) electrons. The highest BCUT2D eigenvalue weighted by molar-refractivity contribution is 5.79. The van der Waals surface area contributed by atoms with Gasteiger partial charge in [0.05, 0.1) is 0 Å². The van der Waals surface area contributed by atoms with Crippen LogP contribution in [-0.4, -0.2) is 17.5 Å². The number of aliphatic hydroxyl groups is 1. The van der Waals surface area contributed by atoms with Crippen LogP contribution in [0.25, 0.3) is 0 Å². The third kappa shape index (κ3) is 3.02. The molecule has 1 aliphatic carbocycles. The molecule has 1 fully saturated rings. The van der Waals surface area contributed by atoms with Crippen LogP contribution in [0, 0.1) is 5.92 Å². The number of hydrogen-bond acceptors (Lipinski definition) is 2. The second kappa shape index (κ2) is 4.50. The average Bonchev–Trinajstić information content (AvgIpc) is 2.01. The fourth-order valence-electron chi connectivity index (χ4n) is 1.74. The van der Waals surface area contributed by atoms with E-state index in [0.717, 1.165) is 32.1 Å². The molecule has 1 rings (SSSR count). The van der Waals surface area contributed by atoms with Gasteiger partial charge in [0, 0.05) is 19.4 Å². The zero-order valence-corrected chi connectivity index (χ0v) is 6.88. The third-order valence-electron chi connectivity index (χ3n) is 2.35. The zero-order valence-electron chi connectivity index (χ0n) is 6.88. The van der Waals surface area contributed by atoms with Gasteiger partial charge in [0.15, 0.2) is 0 Å². The van der Waals surface area contributed by atoms with Crippen molar-refractivity contribution in [2.75, 3.05) is 6.61 Å². The summed E-state index contributed by atoms with van der Waals surface area (Å²) in [5.74, 6) is 0.989. The van der Waals surface area contributed by atoms with Gasteiger partial charge in [-0.15, -0.1) is 0 Å². The maximum Gasteiger partial charge on any atom is 0.133 e. The lowest BCUT2D eigenvalue weighted by molar-refractivity contribution is -0.121. The fraction of sp³-hybridized carbons (Fsp3) is 0.889. The summed E-state index contributed by atoms with van der Waals surface area (Å²) in [6.45, 7) is 0.269. The van der Waals surface area contributed by atoms with Crippen molar-refractivity contribution in [2.45, 2.75) is 38.5 Å². The van der Waals surface area contributed by atoms with E-state index in [4.69, 9.17) is 5.11 Å². The van der Waals surface area contributed by atoms with Gasteiger partial charge in [-0.1, -0.05) is 0 Å². The summed E-state index contributed by atoms with van der Waals surface area (Å²) >= 11 is 0. The topological polar surface area (TPSA) is 37.3 Å². The van der Waals surface area contributed by atoms with Crippen LogP contribution in [0.15, 0.2) is 0 Å². The van der Waals surface area contributed by atoms with Crippen LogP contribution in [0.1, 0.15) is 38.5 Å². The molecular weight excluding hydrogens is 140 g/mol. The first-order valence-electron chi connectivity index (χ1n) is 4.45. The Morgan fingerprint density at radius 2 is 2.36 bits per heavy atom. The van der Waals surface area contributed by atoms with E-state index in [1.54, 1.807) is 0 Å². The number of aliphatic hydroxyl groups excluding tert-OH is 1. The molecule has 0 aromatic carbocycles. The van der Waals surface area contributed by atoms with E-state index < -0.39 is 0 Å². The minimum absolute atomic E-state index is 0.269. The number of Topliss-reactive ketones (excluding diaryl/α,β-unsaturated/α-hetero) is 1. The Hall–Kier alpha value is -0.370. The summed E-state index contributed by atoms with van der Waals surface area (Å²) in [6, 6.07) is 0. The first kappa shape index (κ1) is 8.72. The van der Waals surface area contributed by atoms with Gasteiger partial charge in [0.25, 0.3) is 0 Å². The van der Waals surface area contributed by atoms with Crippen molar-refractivity contribution in [3.63, 3.8) is 0 Å². The molecule has 0 aliphatic heterocycles. The fourth-order valence-corrected chi connectivity index (χ4v) is 1.74. The van der Waals surface area contributed by atoms with E-state index in [9.17, 15) is 4.79 Å². The van der Waals surface area contributed by atoms with Crippen molar-refractivity contribution >= 4 is 5.78 Å². The Morgan fingerprint density at radius 1 is 1.55 bits per heavy atom. The summed E-state index contributed by atoms with van der Waals surface area (Å²) in [5, 5.41) is 8.58. The van der Waals surface area contributed by atoms with Crippen molar-refractivity contribution in [1.82, 2.24) is 0 Å². The van der Waals surface area contributed by atoms with Crippen molar-refractivity contribution in [1.29, 1.82) is 0 Å². The van der Waals surface area contributed by atoms with Crippen molar-refractivity contribution in [2.24, 2.45) is 5.92 Å². The Bertz CT molecular complexity index is 132. The molecule has 2 heteroatoms. The normalized spacial score (nSPS) is 25.5. The van der Waals surface area contributed by atoms with Crippen LogP contribution in [-0.2, 0) is 4.79 Å². The first-order chi connectivity index (χ1) is 5.33. The molecule has 0 amide bonds. The predicted molar refractivity (Wildman–Crippen MR) is 43.3 cm³/mol. The van der Waals surface area contributed by atoms with Crippen molar-refractivity contribution in [3.05, 3.63) is 0 Å². The molecule has 0 spiro atoms. The van der Waals surface area contributed by atoms with E-state index in [2.05, 4.69) is 0 Å². The zero-order chi connectivity index (χ0) is 8.10. The van der Waals surface area contributed by atoms with E-state index in [1.807, 2.05) is 0 Å². The molecule has 11 heavy (non-hydrogen) atoms. The van der Waals surface area contributed by atoms with E-state index in [-0.39, 0.29) is 6.61 Å². The van der Waals surface area contributed by atoms with Crippen LogP contribution >= 0.6 is 0 Å². The second-order valence-corrected chi connectivity index (χ2v) is 3.37. The summed E-state index contributed by atoms with van der Waals surface area (Å²) < 4.78 is 0. The monoisotopic (exact) mass is 156 g/mol. The predicted octanol–water partition coefficient (Wildman–Crippen LogP) is 1.52. The smallest absolute Gasteiger partial charge is 0.133 e. The lowest BCUT2D eigenvalue weighted by Crippen LogP contribution is -2.15. The van der Waals surface area contributed by atoms with Gasteiger partial charge in [-0.2, -0.15) is 0 Å². The highest BCUT2D eigenvalue weighted by atomic mass is 16.2. The number of hydrogen-bond donors (Lipinski definition) is 1. The van der Waals surface area contributed by atoms with Gasteiger partial charge in [0.2, 0.25) is 0 Å². The summed E-state index contributed by atoms with van der Waals surface area (Å²) in [7, 11) is 0. The number of rotatable bonds is 3. The van der Waals surface area contributed by atoms with Gasteiger partial charge in [-0.05, 0) is 31.6 Å². The Kier molecular flexibility index (Phi) is 3.57. The number of carbonyl (C=O) groups excluding carboxylic acids is 1. The van der Waals surface area contributed by atoms with Gasteiger partial charge >= 0.3 is 0 Å². The molecule has 2 nitrogen and oxygen atoms in total. The minimum atomic E-state index is 0.269. The molecule has 0 heterocycles. The molecule has 1 saturated carbocycles. The van der Waals surface area contributed by atoms with Gasteiger partial charge < -0.3 is 5.11 Å². The SMILES string of the molecule is O=C1CCC[C@H](CCCO)C1. The first-order valence-corrected chi connectivity index (χ1v) is 4.45. The molecule has 64 valence electrons. The number of carbonyl (C=O) groups is 1. The average molecular weight is 156 g/mol. The lowest BCUT2D eigenvalue weighted by atomic mass is 9.85. The summed E-state index contributed by atoms with van der Waals surface area (Å²) in [5.41, 5.74) is 0. The van der Waals surface area contributed by atoms with E-state index in [0.29, 0.717) is 11.7 Å². The number of ketones is 1. The van der Waals surface area contributed by atoms with Crippen LogP contribution in [0.2, 0.25) is 0 Å². The molecule has 0 bridgehead atoms. The van der Waals surface area contributed by atoms with Gasteiger partial charge in [0.1, 0.15) is 5.78 Å². The summed E-state index contributed by atoms with van der Waals surface area (Å²) in [4.78, 5) is 11.0. The highest BCUT2D eigenvalue weighted by Crippen LogP contribution is 2.24. The largest absolute Gasteiger partial charge is 0.396 e. The second-order valence-electron chi connectivity index (χ2n) is 3.37. The van der Waals surface area contributed by atoms with E-state index in [1.165, 1.54) is 6.42 Å². The van der Waals surface area contributed by atoms with E-state index >= 15 is 0 Å².